The second-order valence-electron chi connectivity index (χ2n) is 8.91. The average molecular weight is 416 g/mol. The van der Waals surface area contributed by atoms with Gasteiger partial charge in [0.25, 0.3) is 5.69 Å². The summed E-state index contributed by atoms with van der Waals surface area (Å²) in [6, 6.07) is 13.2. The first-order valence-electron chi connectivity index (χ1n) is 11.0. The standard InChI is InChI=1S/C26H33N5/c1-18(2)20-10-8-11-21(19(3)4)24(20)31-17-16-29(6)26(31)23-13-9-12-22(30(23)7)25-27-14-15-28(25)5/h8-19H,1-7H3/q+2. The molecule has 3 heterocycles. The Balaban J connectivity index is 2.00. The van der Waals surface area contributed by atoms with Gasteiger partial charge in [0.05, 0.1) is 7.05 Å². The van der Waals surface area contributed by atoms with Crippen molar-refractivity contribution in [3.63, 3.8) is 0 Å². The number of para-hydroxylation sites is 1. The molecule has 0 bridgehead atoms. The summed E-state index contributed by atoms with van der Waals surface area (Å²) in [6.45, 7) is 9.09. The highest BCUT2D eigenvalue weighted by atomic mass is 15.2. The molecule has 31 heavy (non-hydrogen) atoms. The predicted octanol–water partition coefficient (Wildman–Crippen LogP) is 4.44. The summed E-state index contributed by atoms with van der Waals surface area (Å²) in [5.41, 5.74) is 6.25. The Hall–Kier alpha value is -3.21. The number of benzene rings is 1. The molecule has 4 aromatic rings. The smallest absolute Gasteiger partial charge is 0.329 e. The fourth-order valence-corrected chi connectivity index (χ4v) is 4.40. The van der Waals surface area contributed by atoms with E-state index in [0.29, 0.717) is 11.8 Å². The molecule has 0 fully saturated rings. The maximum absolute atomic E-state index is 4.58. The lowest BCUT2D eigenvalue weighted by atomic mass is 9.92. The molecule has 160 valence electrons. The first-order valence-corrected chi connectivity index (χ1v) is 11.0. The van der Waals surface area contributed by atoms with E-state index in [0.717, 1.165) is 23.0 Å². The lowest BCUT2D eigenvalue weighted by Crippen LogP contribution is -2.40. The van der Waals surface area contributed by atoms with E-state index in [2.05, 4.69) is 114 Å². The molecule has 0 atom stereocenters. The van der Waals surface area contributed by atoms with Crippen LogP contribution < -0.4 is 9.13 Å². The Morgan fingerprint density at radius 2 is 1.45 bits per heavy atom. The third kappa shape index (κ3) is 3.58. The van der Waals surface area contributed by atoms with Gasteiger partial charge in [-0.15, -0.1) is 0 Å². The monoisotopic (exact) mass is 415 g/mol. The predicted molar refractivity (Wildman–Crippen MR) is 124 cm³/mol. The molecule has 3 aromatic heterocycles. The van der Waals surface area contributed by atoms with Crippen molar-refractivity contribution >= 4 is 0 Å². The second-order valence-corrected chi connectivity index (χ2v) is 8.91. The van der Waals surface area contributed by atoms with E-state index >= 15 is 0 Å². The van der Waals surface area contributed by atoms with Crippen LogP contribution in [0, 0.1) is 0 Å². The number of rotatable bonds is 5. The number of hydrogen-bond acceptors (Lipinski definition) is 1. The molecule has 0 saturated heterocycles. The zero-order chi connectivity index (χ0) is 22.3. The van der Waals surface area contributed by atoms with Crippen LogP contribution in [0.1, 0.15) is 50.7 Å². The van der Waals surface area contributed by atoms with E-state index in [4.69, 9.17) is 0 Å². The van der Waals surface area contributed by atoms with E-state index in [1.165, 1.54) is 16.8 Å². The maximum Gasteiger partial charge on any atom is 0.359 e. The van der Waals surface area contributed by atoms with Crippen molar-refractivity contribution in [2.45, 2.75) is 39.5 Å². The molecule has 0 unspecified atom stereocenters. The molecule has 0 radical (unpaired) electrons. The van der Waals surface area contributed by atoms with E-state index in [-0.39, 0.29) is 0 Å². The van der Waals surface area contributed by atoms with Gasteiger partial charge in [0.1, 0.15) is 25.1 Å². The molecule has 0 saturated carbocycles. The Bertz CT molecular complexity index is 1200. The van der Waals surface area contributed by atoms with Crippen molar-refractivity contribution in [2.24, 2.45) is 21.1 Å². The molecule has 0 spiro atoms. The molecule has 5 heteroatoms. The number of imidazole rings is 2. The van der Waals surface area contributed by atoms with Crippen LogP contribution in [0.5, 0.6) is 0 Å². The quantitative estimate of drug-likeness (QED) is 0.443. The van der Waals surface area contributed by atoms with Crippen LogP contribution in [0.15, 0.2) is 61.2 Å². The van der Waals surface area contributed by atoms with Crippen LogP contribution in [-0.2, 0) is 21.1 Å². The first-order chi connectivity index (χ1) is 14.8. The number of nitrogens with zero attached hydrogens (tertiary/aromatic N) is 5. The molecule has 4 rings (SSSR count). The van der Waals surface area contributed by atoms with Crippen molar-refractivity contribution in [1.82, 2.24) is 14.1 Å². The van der Waals surface area contributed by atoms with Crippen LogP contribution in [-0.4, -0.2) is 14.1 Å². The summed E-state index contributed by atoms with van der Waals surface area (Å²) in [5, 5.41) is 0. The van der Waals surface area contributed by atoms with Gasteiger partial charge in [0, 0.05) is 42.7 Å². The molecule has 1 aromatic carbocycles. The number of hydrogen-bond donors (Lipinski definition) is 0. The van der Waals surface area contributed by atoms with Crippen molar-refractivity contribution in [3.8, 4) is 28.7 Å². The van der Waals surface area contributed by atoms with Crippen molar-refractivity contribution in [2.75, 3.05) is 0 Å². The van der Waals surface area contributed by atoms with Crippen LogP contribution in [0.4, 0.5) is 0 Å². The Labute approximate surface area is 185 Å². The van der Waals surface area contributed by atoms with Crippen LogP contribution >= 0.6 is 0 Å². The molecule has 0 amide bonds. The normalized spacial score (nSPS) is 11.6. The number of aromatic nitrogens is 5. The average Bonchev–Trinajstić information content (AvgIpc) is 3.33. The van der Waals surface area contributed by atoms with Gasteiger partial charge in [-0.05, 0) is 17.9 Å². The van der Waals surface area contributed by atoms with E-state index in [1.807, 2.05) is 19.4 Å². The molecular weight excluding hydrogens is 382 g/mol. The van der Waals surface area contributed by atoms with Gasteiger partial charge >= 0.3 is 5.82 Å². The fraction of sp³-hybridized carbons (Fsp3) is 0.346. The minimum Gasteiger partial charge on any atom is -0.329 e. The van der Waals surface area contributed by atoms with Crippen molar-refractivity contribution in [3.05, 3.63) is 72.3 Å². The highest BCUT2D eigenvalue weighted by Gasteiger charge is 2.32. The van der Waals surface area contributed by atoms with Gasteiger partial charge < -0.3 is 4.57 Å². The lowest BCUT2D eigenvalue weighted by Gasteiger charge is -2.17. The van der Waals surface area contributed by atoms with Crippen LogP contribution in [0.3, 0.4) is 0 Å². The van der Waals surface area contributed by atoms with E-state index in [1.54, 1.807) is 0 Å². The maximum atomic E-state index is 4.58. The molecule has 0 N–H and O–H groups in total. The van der Waals surface area contributed by atoms with Crippen molar-refractivity contribution in [1.29, 1.82) is 0 Å². The highest BCUT2D eigenvalue weighted by Crippen LogP contribution is 2.33. The van der Waals surface area contributed by atoms with Gasteiger partial charge in [-0.1, -0.05) is 45.9 Å². The summed E-state index contributed by atoms with van der Waals surface area (Å²) >= 11 is 0. The van der Waals surface area contributed by atoms with Crippen molar-refractivity contribution < 1.29 is 9.13 Å². The third-order valence-electron chi connectivity index (χ3n) is 6.10. The van der Waals surface area contributed by atoms with Gasteiger partial charge in [-0.2, -0.15) is 9.13 Å². The Kier molecular flexibility index (Phi) is 5.52. The Morgan fingerprint density at radius 3 is 2.03 bits per heavy atom. The van der Waals surface area contributed by atoms with Gasteiger partial charge in [-0.25, -0.2) is 9.55 Å². The lowest BCUT2D eigenvalue weighted by molar-refractivity contribution is -0.685. The van der Waals surface area contributed by atoms with E-state index < -0.39 is 0 Å². The first kappa shape index (κ1) is 21.0. The van der Waals surface area contributed by atoms with Gasteiger partial charge in [0.2, 0.25) is 11.5 Å². The van der Waals surface area contributed by atoms with Crippen LogP contribution in [0.25, 0.3) is 28.7 Å². The number of pyridine rings is 1. The minimum atomic E-state index is 0.432. The fourth-order valence-electron chi connectivity index (χ4n) is 4.40. The second kappa shape index (κ2) is 8.14. The van der Waals surface area contributed by atoms with Crippen LogP contribution in [0.2, 0.25) is 0 Å². The molecular formula is C26H33N5+2. The molecule has 0 aliphatic heterocycles. The zero-order valence-electron chi connectivity index (χ0n) is 19.7. The Morgan fingerprint density at radius 1 is 0.839 bits per heavy atom. The molecule has 0 aliphatic rings. The largest absolute Gasteiger partial charge is 0.359 e. The number of aryl methyl sites for hydroxylation is 2. The summed E-state index contributed by atoms with van der Waals surface area (Å²) < 4.78 is 8.87. The molecule has 5 nitrogen and oxygen atoms in total. The zero-order valence-corrected chi connectivity index (χ0v) is 19.7. The SMILES string of the molecule is CC(C)c1cccc(C(C)C)c1-n1cc[n+](C)c1-c1cccc(-c2nccn2C)[n+]1C. The van der Waals surface area contributed by atoms with Gasteiger partial charge in [-0.3, -0.25) is 0 Å². The topological polar surface area (TPSA) is 30.5 Å². The summed E-state index contributed by atoms with van der Waals surface area (Å²) in [6.07, 6.45) is 8.16. The summed E-state index contributed by atoms with van der Waals surface area (Å²) in [5.74, 6) is 2.97. The third-order valence-corrected chi connectivity index (χ3v) is 6.10. The summed E-state index contributed by atoms with van der Waals surface area (Å²) in [4.78, 5) is 4.58. The van der Waals surface area contributed by atoms with Gasteiger partial charge in [0.15, 0.2) is 0 Å². The summed E-state index contributed by atoms with van der Waals surface area (Å²) in [7, 11) is 6.27. The molecule has 0 aliphatic carbocycles. The van der Waals surface area contributed by atoms with E-state index in [9.17, 15) is 0 Å². The minimum absolute atomic E-state index is 0.432. The highest BCUT2D eigenvalue weighted by molar-refractivity contribution is 5.58.